The van der Waals surface area contributed by atoms with Gasteiger partial charge < -0.3 is 4.74 Å². The van der Waals surface area contributed by atoms with Crippen molar-refractivity contribution in [3.05, 3.63) is 84.0 Å². The number of hydrogen-bond donors (Lipinski definition) is 0. The number of ether oxygens (including phenoxy) is 1. The zero-order valence-electron chi connectivity index (χ0n) is 11.7. The smallest absolute Gasteiger partial charge is 0.150 e. The molecule has 3 rings (SSSR count). The monoisotopic (exact) mass is 276 g/mol. The topological polar surface area (TPSA) is 26.3 Å². The lowest BCUT2D eigenvalue weighted by molar-refractivity contribution is -0.105. The Bertz CT molecular complexity index is 699. The zero-order chi connectivity index (χ0) is 14.7. The van der Waals surface area contributed by atoms with Crippen molar-refractivity contribution in [3.63, 3.8) is 0 Å². The molecule has 0 aromatic heterocycles. The number of fused-ring (bicyclic) bond motifs is 1. The summed E-state index contributed by atoms with van der Waals surface area (Å²) in [4.78, 5) is 11.7. The third-order valence-corrected chi connectivity index (χ3v) is 3.71. The quantitative estimate of drug-likeness (QED) is 0.613. The number of rotatable bonds is 4. The number of para-hydroxylation sites is 1. The van der Waals surface area contributed by atoms with Crippen LogP contribution in [0.3, 0.4) is 0 Å². The average Bonchev–Trinajstić information content (AvgIpc) is 2.55. The van der Waals surface area contributed by atoms with Crippen LogP contribution in [0.4, 0.5) is 0 Å². The molecule has 0 saturated carbocycles. The first-order chi connectivity index (χ1) is 10.3. The highest BCUT2D eigenvalue weighted by Gasteiger charge is 2.29. The molecule has 0 saturated heterocycles. The van der Waals surface area contributed by atoms with Crippen LogP contribution < -0.4 is 4.74 Å². The fraction of sp³-hybridized carbons (Fsp3) is 0.105. The molecule has 1 heterocycles. The minimum atomic E-state index is 0.000145. The first-order valence-electron chi connectivity index (χ1n) is 6.97. The Kier molecular flexibility index (Phi) is 3.69. The van der Waals surface area contributed by atoms with Gasteiger partial charge in [0.15, 0.2) is 0 Å². The molecule has 2 nitrogen and oxygen atoms in total. The van der Waals surface area contributed by atoms with Crippen molar-refractivity contribution in [3.8, 4) is 5.75 Å². The van der Waals surface area contributed by atoms with E-state index < -0.39 is 0 Å². The Labute approximate surface area is 124 Å². The van der Waals surface area contributed by atoms with Crippen LogP contribution in [0.1, 0.15) is 23.5 Å². The van der Waals surface area contributed by atoms with Crippen molar-refractivity contribution >= 4 is 12.0 Å². The molecular formula is C19H16O2. The third kappa shape index (κ3) is 2.40. The van der Waals surface area contributed by atoms with Gasteiger partial charge in [0, 0.05) is 22.6 Å². The van der Waals surface area contributed by atoms with Gasteiger partial charge in [0.05, 0.1) is 0 Å². The van der Waals surface area contributed by atoms with Gasteiger partial charge in [-0.2, -0.15) is 0 Å². The molecule has 1 aliphatic heterocycles. The second-order valence-corrected chi connectivity index (χ2v) is 4.99. The predicted octanol–water partition coefficient (Wildman–Crippen LogP) is 4.35. The summed E-state index contributed by atoms with van der Waals surface area (Å²) in [5.74, 6) is 1.46. The van der Waals surface area contributed by atoms with Gasteiger partial charge >= 0.3 is 0 Å². The molecule has 1 aliphatic rings. The van der Waals surface area contributed by atoms with Crippen LogP contribution in [0.15, 0.2) is 72.8 Å². The molecule has 0 N–H and O–H groups in total. The summed E-state index contributed by atoms with van der Waals surface area (Å²) < 4.78 is 6.01. The molecule has 104 valence electrons. The normalized spacial score (nSPS) is 16.9. The van der Waals surface area contributed by atoms with E-state index in [-0.39, 0.29) is 5.92 Å². The predicted molar refractivity (Wildman–Crippen MR) is 84.1 cm³/mol. The molecule has 0 spiro atoms. The Morgan fingerprint density at radius 1 is 1.05 bits per heavy atom. The maximum Gasteiger partial charge on any atom is 0.150 e. The molecule has 0 fully saturated rings. The largest absolute Gasteiger partial charge is 0.456 e. The third-order valence-electron chi connectivity index (χ3n) is 3.71. The van der Waals surface area contributed by atoms with Gasteiger partial charge in [-0.15, -0.1) is 6.58 Å². The second kappa shape index (κ2) is 5.80. The highest BCUT2D eigenvalue weighted by molar-refractivity contribution is 5.90. The van der Waals surface area contributed by atoms with Gasteiger partial charge in [0.2, 0.25) is 0 Å². The van der Waals surface area contributed by atoms with Crippen molar-refractivity contribution in [2.45, 2.75) is 12.3 Å². The summed E-state index contributed by atoms with van der Waals surface area (Å²) in [6, 6.07) is 17.6. The fourth-order valence-corrected chi connectivity index (χ4v) is 2.73. The maximum absolute atomic E-state index is 11.7. The van der Waals surface area contributed by atoms with Gasteiger partial charge in [-0.05, 0) is 12.5 Å². The van der Waals surface area contributed by atoms with Crippen molar-refractivity contribution in [1.29, 1.82) is 0 Å². The van der Waals surface area contributed by atoms with E-state index in [0.29, 0.717) is 17.8 Å². The zero-order valence-corrected chi connectivity index (χ0v) is 11.7. The van der Waals surface area contributed by atoms with Crippen LogP contribution in [-0.2, 0) is 4.79 Å². The van der Waals surface area contributed by atoms with E-state index in [1.807, 2.05) is 60.7 Å². The standard InChI is InChI=1S/C19H16O2/c1-2-8-15-16-11-6-7-12-18(16)21-19(17(15)13-20)14-9-4-3-5-10-14/h2-7,9-13,15H,1,8H2/t15-/m1/s1. The van der Waals surface area contributed by atoms with Crippen molar-refractivity contribution in [1.82, 2.24) is 0 Å². The van der Waals surface area contributed by atoms with Crippen LogP contribution >= 0.6 is 0 Å². The minimum Gasteiger partial charge on any atom is -0.456 e. The highest BCUT2D eigenvalue weighted by atomic mass is 16.5. The number of benzene rings is 2. The summed E-state index contributed by atoms with van der Waals surface area (Å²) in [5, 5.41) is 0. The van der Waals surface area contributed by atoms with Crippen molar-refractivity contribution in [2.24, 2.45) is 0 Å². The molecule has 0 amide bonds. The highest BCUT2D eigenvalue weighted by Crippen LogP contribution is 2.43. The van der Waals surface area contributed by atoms with Gasteiger partial charge in [-0.25, -0.2) is 0 Å². The van der Waals surface area contributed by atoms with Crippen LogP contribution in [0.5, 0.6) is 5.75 Å². The molecule has 2 heteroatoms. The molecular weight excluding hydrogens is 260 g/mol. The van der Waals surface area contributed by atoms with E-state index in [0.717, 1.165) is 23.2 Å². The van der Waals surface area contributed by atoms with Crippen molar-refractivity contribution in [2.75, 3.05) is 0 Å². The molecule has 1 atom stereocenters. The number of hydrogen-bond acceptors (Lipinski definition) is 2. The molecule has 2 aromatic rings. The van der Waals surface area contributed by atoms with Crippen LogP contribution in [0.25, 0.3) is 5.76 Å². The minimum absolute atomic E-state index is 0.000145. The van der Waals surface area contributed by atoms with E-state index in [9.17, 15) is 4.79 Å². The Balaban J connectivity index is 2.18. The Morgan fingerprint density at radius 3 is 2.48 bits per heavy atom. The fourth-order valence-electron chi connectivity index (χ4n) is 2.73. The SMILES string of the molecule is C=CC[C@H]1C(C=O)=C(c2ccccc2)Oc2ccccc21. The molecule has 21 heavy (non-hydrogen) atoms. The van der Waals surface area contributed by atoms with Crippen LogP contribution in [0, 0.1) is 0 Å². The van der Waals surface area contributed by atoms with Gasteiger partial charge in [-0.1, -0.05) is 54.6 Å². The summed E-state index contributed by atoms with van der Waals surface area (Å²) in [7, 11) is 0. The molecule has 0 aliphatic carbocycles. The number of aldehydes is 1. The summed E-state index contributed by atoms with van der Waals surface area (Å²) >= 11 is 0. The Morgan fingerprint density at radius 2 is 1.76 bits per heavy atom. The lowest BCUT2D eigenvalue weighted by Gasteiger charge is -2.28. The summed E-state index contributed by atoms with van der Waals surface area (Å²) in [6.45, 7) is 3.81. The summed E-state index contributed by atoms with van der Waals surface area (Å²) in [6.07, 6.45) is 3.47. The van der Waals surface area contributed by atoms with E-state index in [4.69, 9.17) is 4.74 Å². The van der Waals surface area contributed by atoms with E-state index >= 15 is 0 Å². The average molecular weight is 276 g/mol. The molecule has 2 aromatic carbocycles. The van der Waals surface area contributed by atoms with Crippen molar-refractivity contribution < 1.29 is 9.53 Å². The molecule has 0 unspecified atom stereocenters. The van der Waals surface area contributed by atoms with Gasteiger partial charge in [-0.3, -0.25) is 4.79 Å². The number of allylic oxidation sites excluding steroid dienone is 2. The maximum atomic E-state index is 11.7. The summed E-state index contributed by atoms with van der Waals surface area (Å²) in [5.41, 5.74) is 2.64. The number of carbonyl (C=O) groups excluding carboxylic acids is 1. The van der Waals surface area contributed by atoms with Gasteiger partial charge in [0.1, 0.15) is 17.8 Å². The Hall–Kier alpha value is -2.61. The van der Waals surface area contributed by atoms with Crippen LogP contribution in [-0.4, -0.2) is 6.29 Å². The molecule has 0 bridgehead atoms. The first-order valence-corrected chi connectivity index (χ1v) is 6.97. The van der Waals surface area contributed by atoms with E-state index in [2.05, 4.69) is 6.58 Å². The lowest BCUT2D eigenvalue weighted by atomic mass is 9.84. The van der Waals surface area contributed by atoms with E-state index in [1.54, 1.807) is 0 Å². The first kappa shape index (κ1) is 13.4. The second-order valence-electron chi connectivity index (χ2n) is 4.99. The molecule has 0 radical (unpaired) electrons. The lowest BCUT2D eigenvalue weighted by Crippen LogP contribution is -2.16. The van der Waals surface area contributed by atoms with Crippen LogP contribution in [0.2, 0.25) is 0 Å². The van der Waals surface area contributed by atoms with E-state index in [1.165, 1.54) is 0 Å². The van der Waals surface area contributed by atoms with Gasteiger partial charge in [0.25, 0.3) is 0 Å². The number of carbonyl (C=O) groups is 1.